The number of carbonyl (C=O) groups excluding carboxylic acids is 2. The molecule has 1 N–H and O–H groups in total. The van der Waals surface area contributed by atoms with Gasteiger partial charge in [-0.15, -0.1) is 0 Å². The number of hydrogen-bond acceptors (Lipinski definition) is 5. The fraction of sp³-hybridized carbons (Fsp3) is 0.192. The second-order valence-corrected chi connectivity index (χ2v) is 9.43. The number of thioether (sulfide) groups is 1. The normalized spacial score (nSPS) is 16.5. The number of nitrogens with one attached hydrogen (secondary N) is 1. The number of amidine groups is 1. The largest absolute Gasteiger partial charge is 0.497 e. The van der Waals surface area contributed by atoms with Crippen LogP contribution in [0, 0.1) is 5.82 Å². The van der Waals surface area contributed by atoms with E-state index in [-0.39, 0.29) is 24.1 Å². The van der Waals surface area contributed by atoms with Gasteiger partial charge in [0.2, 0.25) is 11.8 Å². The van der Waals surface area contributed by atoms with E-state index in [2.05, 4.69) is 10.3 Å². The van der Waals surface area contributed by atoms with E-state index < -0.39 is 5.25 Å². The molecule has 0 aliphatic carbocycles. The Kier molecular flexibility index (Phi) is 8.05. The summed E-state index contributed by atoms with van der Waals surface area (Å²) in [5.74, 6) is -0.0826. The van der Waals surface area contributed by atoms with Gasteiger partial charge in [-0.1, -0.05) is 35.5 Å². The van der Waals surface area contributed by atoms with Crippen molar-refractivity contribution in [2.45, 2.75) is 18.1 Å². The van der Waals surface area contributed by atoms with Crippen LogP contribution in [0.15, 0.2) is 77.8 Å². The Hall–Kier alpha value is -3.36. The first-order chi connectivity index (χ1) is 16.9. The molecule has 1 fully saturated rings. The molecule has 0 unspecified atom stereocenters. The lowest BCUT2D eigenvalue weighted by atomic mass is 10.1. The SMILES string of the molecule is COc1ccc(NC(=O)C[C@H]2SC(=Nc3ccc(Cl)cc3)N(CCc3ccc(F)cc3)C2=O)cc1. The third-order valence-electron chi connectivity index (χ3n) is 5.35. The van der Waals surface area contributed by atoms with Gasteiger partial charge in [0.15, 0.2) is 5.17 Å². The summed E-state index contributed by atoms with van der Waals surface area (Å²) in [7, 11) is 1.57. The first kappa shape index (κ1) is 24.8. The molecular formula is C26H23ClFN3O3S. The zero-order valence-corrected chi connectivity index (χ0v) is 20.5. The zero-order valence-electron chi connectivity index (χ0n) is 18.9. The Bertz CT molecular complexity index is 1220. The third-order valence-corrected chi connectivity index (χ3v) is 6.78. The number of rotatable bonds is 8. The standard InChI is InChI=1S/C26H23ClFN3O3S/c1-34-22-12-10-20(11-13-22)29-24(32)16-23-25(33)31(15-14-17-2-6-19(28)7-3-17)26(35-23)30-21-8-4-18(27)5-9-21/h2-13,23H,14-16H2,1H3,(H,29,32)/t23-/m1/s1. The van der Waals surface area contributed by atoms with Gasteiger partial charge in [-0.2, -0.15) is 0 Å². The molecule has 2 amide bonds. The molecule has 1 aliphatic rings. The van der Waals surface area contributed by atoms with Gasteiger partial charge >= 0.3 is 0 Å². The molecule has 0 bridgehead atoms. The molecule has 0 spiro atoms. The number of methoxy groups -OCH3 is 1. The number of aliphatic imine (C=N–C) groups is 1. The first-order valence-corrected chi connectivity index (χ1v) is 12.2. The topological polar surface area (TPSA) is 71.0 Å². The molecule has 4 rings (SSSR count). The van der Waals surface area contributed by atoms with E-state index in [1.807, 2.05) is 0 Å². The quantitative estimate of drug-likeness (QED) is 0.421. The molecule has 1 atom stereocenters. The molecule has 0 saturated carbocycles. The Morgan fingerprint density at radius 1 is 1.09 bits per heavy atom. The van der Waals surface area contributed by atoms with Gasteiger partial charge in [0.1, 0.15) is 16.8 Å². The predicted molar refractivity (Wildman–Crippen MR) is 138 cm³/mol. The first-order valence-electron chi connectivity index (χ1n) is 10.9. The summed E-state index contributed by atoms with van der Waals surface area (Å²) in [4.78, 5) is 32.2. The van der Waals surface area contributed by atoms with Crippen molar-refractivity contribution in [2.75, 3.05) is 19.0 Å². The van der Waals surface area contributed by atoms with Crippen molar-refractivity contribution in [2.24, 2.45) is 4.99 Å². The van der Waals surface area contributed by atoms with Gasteiger partial charge in [0.05, 0.1) is 12.8 Å². The van der Waals surface area contributed by atoms with Gasteiger partial charge in [0, 0.05) is 23.7 Å². The minimum absolute atomic E-state index is 0.00220. The molecule has 3 aromatic rings. The van der Waals surface area contributed by atoms with Crippen LogP contribution in [-0.4, -0.2) is 40.8 Å². The minimum Gasteiger partial charge on any atom is -0.497 e. The average Bonchev–Trinajstić information content (AvgIpc) is 3.14. The maximum atomic E-state index is 13.3. The molecule has 180 valence electrons. The van der Waals surface area contributed by atoms with Crippen LogP contribution < -0.4 is 10.1 Å². The van der Waals surface area contributed by atoms with Crippen LogP contribution in [-0.2, 0) is 16.0 Å². The van der Waals surface area contributed by atoms with Crippen LogP contribution in [0.2, 0.25) is 5.02 Å². The Morgan fingerprint density at radius 2 is 1.77 bits per heavy atom. The van der Waals surface area contributed by atoms with E-state index in [1.54, 1.807) is 72.7 Å². The molecule has 9 heteroatoms. The Morgan fingerprint density at radius 3 is 2.43 bits per heavy atom. The van der Waals surface area contributed by atoms with E-state index in [4.69, 9.17) is 16.3 Å². The number of halogens is 2. The Balaban J connectivity index is 1.48. The van der Waals surface area contributed by atoms with Crippen molar-refractivity contribution in [1.82, 2.24) is 4.90 Å². The fourth-order valence-corrected chi connectivity index (χ4v) is 4.81. The number of ether oxygens (including phenoxy) is 1. The molecule has 3 aromatic carbocycles. The molecule has 0 radical (unpaired) electrons. The molecule has 1 aliphatic heterocycles. The smallest absolute Gasteiger partial charge is 0.242 e. The highest BCUT2D eigenvalue weighted by molar-refractivity contribution is 8.15. The number of benzene rings is 3. The lowest BCUT2D eigenvalue weighted by Gasteiger charge is -2.16. The molecule has 0 aromatic heterocycles. The summed E-state index contributed by atoms with van der Waals surface area (Å²) in [6.45, 7) is 0.362. The lowest BCUT2D eigenvalue weighted by molar-refractivity contribution is -0.128. The minimum atomic E-state index is -0.604. The summed E-state index contributed by atoms with van der Waals surface area (Å²) < 4.78 is 18.4. The van der Waals surface area contributed by atoms with Crippen molar-refractivity contribution >= 4 is 51.7 Å². The zero-order chi connectivity index (χ0) is 24.8. The summed E-state index contributed by atoms with van der Waals surface area (Å²) in [5.41, 5.74) is 2.17. The van der Waals surface area contributed by atoms with E-state index >= 15 is 0 Å². The number of hydrogen-bond donors (Lipinski definition) is 1. The average molecular weight is 512 g/mol. The van der Waals surface area contributed by atoms with Crippen molar-refractivity contribution in [3.05, 3.63) is 89.2 Å². The van der Waals surface area contributed by atoms with Crippen LogP contribution in [0.25, 0.3) is 0 Å². The summed E-state index contributed by atoms with van der Waals surface area (Å²) in [5, 5.41) is 3.32. The second kappa shape index (κ2) is 11.4. The molecule has 1 saturated heterocycles. The maximum absolute atomic E-state index is 13.3. The van der Waals surface area contributed by atoms with Crippen LogP contribution >= 0.6 is 23.4 Å². The van der Waals surface area contributed by atoms with Crippen LogP contribution in [0.3, 0.4) is 0 Å². The highest BCUT2D eigenvalue weighted by Crippen LogP contribution is 2.32. The molecular weight excluding hydrogens is 489 g/mol. The van der Waals surface area contributed by atoms with Crippen LogP contribution in [0.5, 0.6) is 5.75 Å². The fourth-order valence-electron chi connectivity index (χ4n) is 3.50. The van der Waals surface area contributed by atoms with E-state index in [1.165, 1.54) is 23.9 Å². The second-order valence-electron chi connectivity index (χ2n) is 7.82. The van der Waals surface area contributed by atoms with E-state index in [9.17, 15) is 14.0 Å². The van der Waals surface area contributed by atoms with Crippen molar-refractivity contribution in [3.8, 4) is 5.75 Å². The lowest BCUT2D eigenvalue weighted by Crippen LogP contribution is -2.35. The van der Waals surface area contributed by atoms with Crippen molar-refractivity contribution in [3.63, 3.8) is 0 Å². The van der Waals surface area contributed by atoms with Gasteiger partial charge in [-0.05, 0) is 72.6 Å². The summed E-state index contributed by atoms with van der Waals surface area (Å²) in [6, 6.07) is 20.1. The van der Waals surface area contributed by atoms with Gasteiger partial charge < -0.3 is 10.1 Å². The summed E-state index contributed by atoms with van der Waals surface area (Å²) in [6.07, 6.45) is 0.527. The van der Waals surface area contributed by atoms with Crippen LogP contribution in [0.4, 0.5) is 15.8 Å². The van der Waals surface area contributed by atoms with Crippen LogP contribution in [0.1, 0.15) is 12.0 Å². The maximum Gasteiger partial charge on any atom is 0.242 e. The molecule has 35 heavy (non-hydrogen) atoms. The van der Waals surface area contributed by atoms with E-state index in [0.717, 1.165) is 5.56 Å². The third kappa shape index (κ3) is 6.61. The highest BCUT2D eigenvalue weighted by atomic mass is 35.5. The number of amides is 2. The monoisotopic (exact) mass is 511 g/mol. The number of carbonyl (C=O) groups is 2. The van der Waals surface area contributed by atoms with Gasteiger partial charge in [0.25, 0.3) is 0 Å². The predicted octanol–water partition coefficient (Wildman–Crippen LogP) is 5.69. The van der Waals surface area contributed by atoms with E-state index in [0.29, 0.717) is 40.3 Å². The summed E-state index contributed by atoms with van der Waals surface area (Å²) >= 11 is 7.24. The molecule has 6 nitrogen and oxygen atoms in total. The van der Waals surface area contributed by atoms with Gasteiger partial charge in [-0.3, -0.25) is 14.5 Å². The number of anilines is 1. The Labute approximate surface area is 212 Å². The van der Waals surface area contributed by atoms with Gasteiger partial charge in [-0.25, -0.2) is 9.38 Å². The highest BCUT2D eigenvalue weighted by Gasteiger charge is 2.39. The molecule has 1 heterocycles. The van der Waals surface area contributed by atoms with Crippen molar-refractivity contribution in [1.29, 1.82) is 0 Å². The number of nitrogens with zero attached hydrogens (tertiary/aromatic N) is 2. The van der Waals surface area contributed by atoms with Crippen molar-refractivity contribution < 1.29 is 18.7 Å².